The van der Waals surface area contributed by atoms with Gasteiger partial charge in [0.1, 0.15) is 12.3 Å². The van der Waals surface area contributed by atoms with E-state index in [1.54, 1.807) is 23.1 Å². The molecule has 1 aliphatic carbocycles. The normalized spacial score (nSPS) is 14.6. The van der Waals surface area contributed by atoms with Crippen LogP contribution in [0.5, 0.6) is 0 Å². The summed E-state index contributed by atoms with van der Waals surface area (Å²) in [5, 5.41) is 4.03. The highest BCUT2D eigenvalue weighted by molar-refractivity contribution is 5.89. The molecule has 0 saturated heterocycles. The minimum Gasteiger partial charge on any atom is -0.456 e. The van der Waals surface area contributed by atoms with Crippen molar-refractivity contribution in [1.82, 2.24) is 14.3 Å². The van der Waals surface area contributed by atoms with Crippen molar-refractivity contribution in [2.75, 3.05) is 5.73 Å². The number of carbonyl (C=O) groups excluding carboxylic acids is 1. The van der Waals surface area contributed by atoms with E-state index in [0.717, 1.165) is 18.4 Å². The average molecular weight is 260 g/mol. The lowest BCUT2D eigenvalue weighted by atomic mass is 10.4. The Morgan fingerprint density at radius 3 is 2.95 bits per heavy atom. The maximum Gasteiger partial charge on any atom is 0.355 e. The number of nitrogens with zero attached hydrogens (tertiary/aromatic N) is 3. The lowest BCUT2D eigenvalue weighted by Crippen LogP contribution is -2.10. The highest BCUT2D eigenvalue weighted by Crippen LogP contribution is 2.37. The zero-order valence-corrected chi connectivity index (χ0v) is 10.7. The smallest absolute Gasteiger partial charge is 0.355 e. The summed E-state index contributed by atoms with van der Waals surface area (Å²) in [6, 6.07) is 2.07. The molecule has 6 heteroatoms. The number of carbonyl (C=O) groups is 1. The molecule has 0 aliphatic heterocycles. The quantitative estimate of drug-likeness (QED) is 0.845. The van der Waals surface area contributed by atoms with E-state index < -0.39 is 0 Å². The van der Waals surface area contributed by atoms with Crippen LogP contribution >= 0.6 is 0 Å². The van der Waals surface area contributed by atoms with Gasteiger partial charge in [-0.1, -0.05) is 0 Å². The number of nitrogen functional groups attached to an aromatic ring is 1. The summed E-state index contributed by atoms with van der Waals surface area (Å²) in [5.41, 5.74) is 7.75. The number of aryl methyl sites for hydroxylation is 1. The predicted octanol–water partition coefficient (Wildman–Crippen LogP) is 1.50. The molecule has 1 fully saturated rings. The molecule has 3 rings (SSSR count). The lowest BCUT2D eigenvalue weighted by molar-refractivity contribution is 0.0460. The molecule has 2 aromatic heterocycles. The van der Waals surface area contributed by atoms with Crippen molar-refractivity contribution < 1.29 is 9.53 Å². The van der Waals surface area contributed by atoms with Crippen LogP contribution in [0.1, 0.15) is 34.9 Å². The molecule has 19 heavy (non-hydrogen) atoms. The Morgan fingerprint density at radius 1 is 1.53 bits per heavy atom. The number of anilines is 1. The van der Waals surface area contributed by atoms with Crippen LogP contribution in [0.3, 0.4) is 0 Å². The van der Waals surface area contributed by atoms with Crippen molar-refractivity contribution in [3.05, 3.63) is 35.9 Å². The van der Waals surface area contributed by atoms with E-state index in [0.29, 0.717) is 17.4 Å². The zero-order valence-electron chi connectivity index (χ0n) is 10.7. The number of rotatable bonds is 4. The molecule has 0 amide bonds. The number of esters is 1. The summed E-state index contributed by atoms with van der Waals surface area (Å²) in [4.78, 5) is 12.1. The van der Waals surface area contributed by atoms with Crippen molar-refractivity contribution >= 4 is 11.7 Å². The van der Waals surface area contributed by atoms with Gasteiger partial charge < -0.3 is 15.0 Å². The molecule has 2 heterocycles. The fourth-order valence-corrected chi connectivity index (χ4v) is 2.09. The predicted molar refractivity (Wildman–Crippen MR) is 69.4 cm³/mol. The molecule has 0 spiro atoms. The topological polar surface area (TPSA) is 75.1 Å². The number of hydrogen-bond acceptors (Lipinski definition) is 4. The molecule has 0 bridgehead atoms. The Hall–Kier alpha value is -2.24. The van der Waals surface area contributed by atoms with Gasteiger partial charge in [0.05, 0.1) is 11.9 Å². The SMILES string of the molecule is Cn1cc(COC(=O)c2cc(N)cn2C2CC2)cn1. The molecule has 0 aromatic carbocycles. The molecular weight excluding hydrogens is 244 g/mol. The van der Waals surface area contributed by atoms with Gasteiger partial charge >= 0.3 is 5.97 Å². The van der Waals surface area contributed by atoms with Gasteiger partial charge in [-0.2, -0.15) is 5.10 Å². The third-order valence-corrected chi connectivity index (χ3v) is 3.15. The van der Waals surface area contributed by atoms with E-state index in [1.807, 2.05) is 17.8 Å². The number of ether oxygens (including phenoxy) is 1. The van der Waals surface area contributed by atoms with Crippen molar-refractivity contribution in [2.45, 2.75) is 25.5 Å². The minimum atomic E-state index is -0.340. The van der Waals surface area contributed by atoms with E-state index in [1.165, 1.54) is 0 Å². The first kappa shape index (κ1) is 11.8. The van der Waals surface area contributed by atoms with Crippen LogP contribution < -0.4 is 5.73 Å². The summed E-state index contributed by atoms with van der Waals surface area (Å²) in [6.45, 7) is 0.225. The second kappa shape index (κ2) is 4.46. The molecule has 100 valence electrons. The Balaban J connectivity index is 1.70. The molecule has 2 N–H and O–H groups in total. The average Bonchev–Trinajstić information content (AvgIpc) is 3.03. The standard InChI is InChI=1S/C13H16N4O2/c1-16-6-9(5-15-16)8-19-13(18)12-4-10(14)7-17(12)11-2-3-11/h4-7,11H,2-3,8,14H2,1H3. The molecule has 0 atom stereocenters. The molecular formula is C13H16N4O2. The summed E-state index contributed by atoms with van der Waals surface area (Å²) in [7, 11) is 1.82. The van der Waals surface area contributed by atoms with Crippen molar-refractivity contribution in [1.29, 1.82) is 0 Å². The second-order valence-corrected chi connectivity index (χ2v) is 4.90. The first-order chi connectivity index (χ1) is 9.13. The van der Waals surface area contributed by atoms with E-state index >= 15 is 0 Å². The Bertz CT molecular complexity index is 610. The highest BCUT2D eigenvalue weighted by atomic mass is 16.5. The maximum atomic E-state index is 12.1. The van der Waals surface area contributed by atoms with Crippen molar-refractivity contribution in [3.63, 3.8) is 0 Å². The van der Waals surface area contributed by atoms with E-state index in [9.17, 15) is 4.79 Å². The summed E-state index contributed by atoms with van der Waals surface area (Å²) < 4.78 is 8.88. The van der Waals surface area contributed by atoms with Gasteiger partial charge in [-0.3, -0.25) is 4.68 Å². The van der Waals surface area contributed by atoms with Crippen LogP contribution in [-0.2, 0) is 18.4 Å². The van der Waals surface area contributed by atoms with Gasteiger partial charge in [0.15, 0.2) is 0 Å². The van der Waals surface area contributed by atoms with Gasteiger partial charge in [0.25, 0.3) is 0 Å². The van der Waals surface area contributed by atoms with Gasteiger partial charge in [0.2, 0.25) is 0 Å². The Labute approximate surface area is 110 Å². The first-order valence-electron chi connectivity index (χ1n) is 6.25. The third kappa shape index (κ3) is 2.47. The van der Waals surface area contributed by atoms with Crippen LogP contribution in [0.4, 0.5) is 5.69 Å². The van der Waals surface area contributed by atoms with Crippen LogP contribution in [-0.4, -0.2) is 20.3 Å². The van der Waals surface area contributed by atoms with Gasteiger partial charge in [0, 0.05) is 31.0 Å². The summed E-state index contributed by atoms with van der Waals surface area (Å²) in [6.07, 6.45) is 7.50. The zero-order chi connectivity index (χ0) is 13.4. The molecule has 0 unspecified atom stereocenters. The number of hydrogen-bond donors (Lipinski definition) is 1. The lowest BCUT2D eigenvalue weighted by Gasteiger charge is -2.07. The van der Waals surface area contributed by atoms with Gasteiger partial charge in [-0.05, 0) is 18.9 Å². The van der Waals surface area contributed by atoms with E-state index in [4.69, 9.17) is 10.5 Å². The van der Waals surface area contributed by atoms with Crippen molar-refractivity contribution in [3.8, 4) is 0 Å². The van der Waals surface area contributed by atoms with Gasteiger partial charge in [-0.25, -0.2) is 4.79 Å². The van der Waals surface area contributed by atoms with Crippen LogP contribution in [0.2, 0.25) is 0 Å². The van der Waals surface area contributed by atoms with Gasteiger partial charge in [-0.15, -0.1) is 0 Å². The molecule has 1 aliphatic rings. The van der Waals surface area contributed by atoms with Crippen molar-refractivity contribution in [2.24, 2.45) is 7.05 Å². The number of aromatic nitrogens is 3. The highest BCUT2D eigenvalue weighted by Gasteiger charge is 2.28. The molecule has 6 nitrogen and oxygen atoms in total. The molecule has 2 aromatic rings. The second-order valence-electron chi connectivity index (χ2n) is 4.90. The number of nitrogens with two attached hydrogens (primary N) is 1. The molecule has 1 saturated carbocycles. The Morgan fingerprint density at radius 2 is 2.32 bits per heavy atom. The third-order valence-electron chi connectivity index (χ3n) is 3.15. The fourth-order valence-electron chi connectivity index (χ4n) is 2.09. The maximum absolute atomic E-state index is 12.1. The van der Waals surface area contributed by atoms with Crippen LogP contribution in [0, 0.1) is 0 Å². The van der Waals surface area contributed by atoms with E-state index in [-0.39, 0.29) is 12.6 Å². The monoisotopic (exact) mass is 260 g/mol. The Kier molecular flexibility index (Phi) is 2.77. The fraction of sp³-hybridized carbons (Fsp3) is 0.385. The van der Waals surface area contributed by atoms with E-state index in [2.05, 4.69) is 5.10 Å². The minimum absolute atomic E-state index is 0.225. The molecule has 0 radical (unpaired) electrons. The van der Waals surface area contributed by atoms with Crippen LogP contribution in [0.15, 0.2) is 24.7 Å². The summed E-state index contributed by atoms with van der Waals surface area (Å²) >= 11 is 0. The summed E-state index contributed by atoms with van der Waals surface area (Å²) in [5.74, 6) is -0.340. The largest absolute Gasteiger partial charge is 0.456 e. The van der Waals surface area contributed by atoms with Crippen LogP contribution in [0.25, 0.3) is 0 Å². The first-order valence-corrected chi connectivity index (χ1v) is 6.25.